The van der Waals surface area contributed by atoms with Crippen LogP contribution in [0, 0.1) is 11.3 Å². The summed E-state index contributed by atoms with van der Waals surface area (Å²) >= 11 is 0. The van der Waals surface area contributed by atoms with Gasteiger partial charge in [-0.2, -0.15) is 0 Å². The van der Waals surface area contributed by atoms with E-state index >= 15 is 0 Å². The highest BCUT2D eigenvalue weighted by Crippen LogP contribution is 2.56. The zero-order valence-electron chi connectivity index (χ0n) is 6.60. The quantitative estimate of drug-likeness (QED) is 0.621. The Morgan fingerprint density at radius 3 is 2.20 bits per heavy atom. The third-order valence-electron chi connectivity index (χ3n) is 3.52. The van der Waals surface area contributed by atoms with E-state index in [1.165, 1.54) is 38.5 Å². The van der Waals surface area contributed by atoms with E-state index in [0.717, 1.165) is 12.5 Å². The Labute approximate surface area is 63.0 Å². The molecule has 0 heterocycles. The molecule has 10 heavy (non-hydrogen) atoms. The summed E-state index contributed by atoms with van der Waals surface area (Å²) in [7, 11) is 0. The summed E-state index contributed by atoms with van der Waals surface area (Å²) in [5, 5.41) is 0. The predicted octanol–water partition coefficient (Wildman–Crippen LogP) is 1.92. The molecule has 0 unspecified atom stereocenters. The van der Waals surface area contributed by atoms with Crippen molar-refractivity contribution in [2.45, 2.75) is 38.5 Å². The molecule has 0 aromatic rings. The molecule has 1 nitrogen and oxygen atoms in total. The summed E-state index contributed by atoms with van der Waals surface area (Å²) < 4.78 is 0. The van der Waals surface area contributed by atoms with Crippen molar-refractivity contribution in [2.75, 3.05) is 6.54 Å². The van der Waals surface area contributed by atoms with Crippen LogP contribution < -0.4 is 5.73 Å². The first-order chi connectivity index (χ1) is 4.87. The van der Waals surface area contributed by atoms with E-state index in [1.54, 1.807) is 0 Å². The Morgan fingerprint density at radius 1 is 1.20 bits per heavy atom. The second-order valence-electron chi connectivity index (χ2n) is 4.05. The molecule has 0 atom stereocenters. The Kier molecular flexibility index (Phi) is 1.48. The van der Waals surface area contributed by atoms with Gasteiger partial charge >= 0.3 is 0 Å². The maximum Gasteiger partial charge on any atom is -0.00179 e. The van der Waals surface area contributed by atoms with Gasteiger partial charge in [-0.05, 0) is 43.6 Å². The molecule has 0 aliphatic heterocycles. The maximum atomic E-state index is 5.75. The first-order valence-electron chi connectivity index (χ1n) is 4.57. The topological polar surface area (TPSA) is 26.0 Å². The van der Waals surface area contributed by atoms with Gasteiger partial charge in [-0.3, -0.25) is 0 Å². The SMILES string of the molecule is NCC1(C2CCCC2)CC1. The van der Waals surface area contributed by atoms with E-state index < -0.39 is 0 Å². The number of hydrogen-bond donors (Lipinski definition) is 1. The third-order valence-corrected chi connectivity index (χ3v) is 3.52. The zero-order valence-corrected chi connectivity index (χ0v) is 6.60. The minimum Gasteiger partial charge on any atom is -0.330 e. The Balaban J connectivity index is 1.96. The van der Waals surface area contributed by atoms with Crippen LogP contribution in [0.2, 0.25) is 0 Å². The zero-order chi connectivity index (χ0) is 7.03. The lowest BCUT2D eigenvalue weighted by Crippen LogP contribution is -2.22. The highest BCUT2D eigenvalue weighted by molar-refractivity contribution is 5.00. The molecule has 58 valence electrons. The van der Waals surface area contributed by atoms with Crippen LogP contribution in [0.5, 0.6) is 0 Å². The molecule has 2 N–H and O–H groups in total. The fourth-order valence-corrected chi connectivity index (χ4v) is 2.48. The second-order valence-corrected chi connectivity index (χ2v) is 4.05. The van der Waals surface area contributed by atoms with Crippen molar-refractivity contribution in [3.63, 3.8) is 0 Å². The molecule has 0 aromatic heterocycles. The van der Waals surface area contributed by atoms with Crippen molar-refractivity contribution < 1.29 is 0 Å². The van der Waals surface area contributed by atoms with Crippen LogP contribution in [0.15, 0.2) is 0 Å². The highest BCUT2D eigenvalue weighted by atomic mass is 14.7. The van der Waals surface area contributed by atoms with E-state index in [-0.39, 0.29) is 0 Å². The summed E-state index contributed by atoms with van der Waals surface area (Å²) in [5.41, 5.74) is 6.40. The molecule has 2 rings (SSSR count). The Hall–Kier alpha value is -0.0400. The van der Waals surface area contributed by atoms with Crippen LogP contribution in [0.3, 0.4) is 0 Å². The largest absolute Gasteiger partial charge is 0.330 e. The highest BCUT2D eigenvalue weighted by Gasteiger charge is 2.48. The molecular formula is C9H17N. The summed E-state index contributed by atoms with van der Waals surface area (Å²) in [6, 6.07) is 0. The molecule has 2 aliphatic rings. The van der Waals surface area contributed by atoms with Gasteiger partial charge in [0.25, 0.3) is 0 Å². The van der Waals surface area contributed by atoms with Crippen molar-refractivity contribution in [1.29, 1.82) is 0 Å². The van der Waals surface area contributed by atoms with Crippen molar-refractivity contribution in [2.24, 2.45) is 17.1 Å². The van der Waals surface area contributed by atoms with Crippen molar-refractivity contribution in [1.82, 2.24) is 0 Å². The van der Waals surface area contributed by atoms with Gasteiger partial charge in [0, 0.05) is 0 Å². The van der Waals surface area contributed by atoms with E-state index in [1.807, 2.05) is 0 Å². The van der Waals surface area contributed by atoms with Crippen molar-refractivity contribution in [3.05, 3.63) is 0 Å². The summed E-state index contributed by atoms with van der Waals surface area (Å²) in [5.74, 6) is 1.01. The Morgan fingerprint density at radius 2 is 1.80 bits per heavy atom. The minimum absolute atomic E-state index is 0.649. The lowest BCUT2D eigenvalue weighted by molar-refractivity contribution is 0.323. The summed E-state index contributed by atoms with van der Waals surface area (Å²) in [6.07, 6.45) is 8.72. The molecule has 0 amide bonds. The fraction of sp³-hybridized carbons (Fsp3) is 1.00. The van der Waals surface area contributed by atoms with Gasteiger partial charge in [0.05, 0.1) is 0 Å². The maximum absolute atomic E-state index is 5.75. The summed E-state index contributed by atoms with van der Waals surface area (Å²) in [4.78, 5) is 0. The van der Waals surface area contributed by atoms with Gasteiger partial charge in [0.2, 0.25) is 0 Å². The standard InChI is InChI=1S/C9H17N/c10-7-9(5-6-9)8-3-1-2-4-8/h8H,1-7,10H2. The van der Waals surface area contributed by atoms with Crippen LogP contribution in [0.25, 0.3) is 0 Å². The van der Waals surface area contributed by atoms with Gasteiger partial charge in [-0.25, -0.2) is 0 Å². The van der Waals surface area contributed by atoms with Gasteiger partial charge < -0.3 is 5.73 Å². The van der Waals surface area contributed by atoms with E-state index in [9.17, 15) is 0 Å². The van der Waals surface area contributed by atoms with Crippen molar-refractivity contribution >= 4 is 0 Å². The predicted molar refractivity (Wildman–Crippen MR) is 42.7 cm³/mol. The smallest absolute Gasteiger partial charge is 0.00179 e. The Bertz CT molecular complexity index is 121. The van der Waals surface area contributed by atoms with E-state index in [2.05, 4.69) is 0 Å². The van der Waals surface area contributed by atoms with E-state index in [0.29, 0.717) is 5.41 Å². The first-order valence-corrected chi connectivity index (χ1v) is 4.57. The minimum atomic E-state index is 0.649. The third kappa shape index (κ3) is 0.878. The lowest BCUT2D eigenvalue weighted by atomic mass is 9.88. The average molecular weight is 139 g/mol. The molecule has 0 radical (unpaired) electrons. The van der Waals surface area contributed by atoms with Crippen LogP contribution in [-0.2, 0) is 0 Å². The van der Waals surface area contributed by atoms with Gasteiger partial charge in [-0.15, -0.1) is 0 Å². The van der Waals surface area contributed by atoms with E-state index in [4.69, 9.17) is 5.73 Å². The van der Waals surface area contributed by atoms with Crippen LogP contribution in [0.1, 0.15) is 38.5 Å². The molecule has 0 saturated heterocycles. The molecule has 2 saturated carbocycles. The molecular weight excluding hydrogens is 122 g/mol. The summed E-state index contributed by atoms with van der Waals surface area (Å²) in [6.45, 7) is 0.956. The van der Waals surface area contributed by atoms with Crippen LogP contribution in [0.4, 0.5) is 0 Å². The second kappa shape index (κ2) is 2.23. The molecule has 0 aromatic carbocycles. The first kappa shape index (κ1) is 6.66. The van der Waals surface area contributed by atoms with Crippen LogP contribution in [-0.4, -0.2) is 6.54 Å². The molecule has 2 aliphatic carbocycles. The molecule has 2 fully saturated rings. The van der Waals surface area contributed by atoms with Crippen molar-refractivity contribution in [3.8, 4) is 0 Å². The number of nitrogens with two attached hydrogens (primary N) is 1. The molecule has 0 bridgehead atoms. The van der Waals surface area contributed by atoms with Gasteiger partial charge in [0.1, 0.15) is 0 Å². The molecule has 0 spiro atoms. The van der Waals surface area contributed by atoms with Crippen LogP contribution >= 0.6 is 0 Å². The monoisotopic (exact) mass is 139 g/mol. The lowest BCUT2D eigenvalue weighted by Gasteiger charge is -2.19. The average Bonchev–Trinajstić information content (AvgIpc) is 2.58. The molecule has 1 heteroatoms. The normalized spacial score (nSPS) is 30.9. The van der Waals surface area contributed by atoms with Gasteiger partial charge in [-0.1, -0.05) is 12.8 Å². The van der Waals surface area contributed by atoms with Gasteiger partial charge in [0.15, 0.2) is 0 Å². The fourth-order valence-electron chi connectivity index (χ4n) is 2.48. The number of hydrogen-bond acceptors (Lipinski definition) is 1. The number of rotatable bonds is 2.